The minimum atomic E-state index is -0.909. The molecule has 0 aliphatic carbocycles. The predicted octanol–water partition coefficient (Wildman–Crippen LogP) is 3.52. The van der Waals surface area contributed by atoms with Gasteiger partial charge in [0.15, 0.2) is 5.56 Å². The highest BCUT2D eigenvalue weighted by atomic mass is 35.5. The number of pyridine rings is 1. The number of halogens is 3. The van der Waals surface area contributed by atoms with Crippen molar-refractivity contribution >= 4 is 11.6 Å². The molecule has 0 radical (unpaired) electrons. The molecular formula is C13H10ClF2NO2. The second kappa shape index (κ2) is 5.95. The van der Waals surface area contributed by atoms with E-state index in [4.69, 9.17) is 21.4 Å². The van der Waals surface area contributed by atoms with Crippen LogP contribution in [0.4, 0.5) is 8.78 Å². The minimum absolute atomic E-state index is 0.292. The van der Waals surface area contributed by atoms with Crippen LogP contribution in [0.3, 0.4) is 0 Å². The summed E-state index contributed by atoms with van der Waals surface area (Å²) in [6.07, 6.45) is 1.54. The van der Waals surface area contributed by atoms with E-state index in [2.05, 4.69) is 4.98 Å². The third kappa shape index (κ3) is 3.39. The third-order valence-electron chi connectivity index (χ3n) is 2.42. The molecule has 0 saturated carbocycles. The number of alkyl halides is 1. The molecule has 0 bridgehead atoms. The van der Waals surface area contributed by atoms with Crippen LogP contribution in [0.5, 0.6) is 5.75 Å². The van der Waals surface area contributed by atoms with Gasteiger partial charge in [0.05, 0.1) is 12.3 Å². The standard InChI is InChI=1S/C13H10ClF2NO2/c14-13(12-3-1-2-4-17-12)19-7-9-10(15)5-8(18)6-11(9)16/h1-6,13,18H,7H2. The molecule has 1 atom stereocenters. The van der Waals surface area contributed by atoms with Crippen molar-refractivity contribution in [2.45, 2.75) is 12.2 Å². The summed E-state index contributed by atoms with van der Waals surface area (Å²) in [6, 6.07) is 6.70. The van der Waals surface area contributed by atoms with Gasteiger partial charge in [0.1, 0.15) is 17.4 Å². The molecule has 0 aliphatic rings. The van der Waals surface area contributed by atoms with Gasteiger partial charge in [-0.25, -0.2) is 8.78 Å². The zero-order valence-corrected chi connectivity index (χ0v) is 10.4. The maximum Gasteiger partial charge on any atom is 0.173 e. The summed E-state index contributed by atoms with van der Waals surface area (Å²) in [7, 11) is 0. The Kier molecular flexibility index (Phi) is 4.29. The molecule has 1 N–H and O–H groups in total. The van der Waals surface area contributed by atoms with Gasteiger partial charge in [-0.3, -0.25) is 4.98 Å². The number of hydrogen-bond acceptors (Lipinski definition) is 3. The van der Waals surface area contributed by atoms with Crippen molar-refractivity contribution in [2.75, 3.05) is 0 Å². The fourth-order valence-corrected chi connectivity index (χ4v) is 1.67. The Balaban J connectivity index is 2.07. The highest BCUT2D eigenvalue weighted by Gasteiger charge is 2.15. The van der Waals surface area contributed by atoms with Crippen molar-refractivity contribution in [2.24, 2.45) is 0 Å². The molecule has 6 heteroatoms. The molecule has 0 amide bonds. The first kappa shape index (κ1) is 13.7. The number of aromatic nitrogens is 1. The van der Waals surface area contributed by atoms with E-state index >= 15 is 0 Å². The second-order valence-electron chi connectivity index (χ2n) is 3.77. The number of rotatable bonds is 4. The van der Waals surface area contributed by atoms with Crippen molar-refractivity contribution in [1.82, 2.24) is 4.98 Å². The molecule has 0 fully saturated rings. The largest absolute Gasteiger partial charge is 0.508 e. The maximum absolute atomic E-state index is 13.4. The Morgan fingerprint density at radius 2 is 1.95 bits per heavy atom. The van der Waals surface area contributed by atoms with Crippen LogP contribution in [0, 0.1) is 11.6 Å². The molecule has 100 valence electrons. The topological polar surface area (TPSA) is 42.4 Å². The number of aromatic hydroxyl groups is 1. The molecule has 1 unspecified atom stereocenters. The molecule has 1 heterocycles. The van der Waals surface area contributed by atoms with Gasteiger partial charge in [-0.15, -0.1) is 0 Å². The van der Waals surface area contributed by atoms with E-state index in [9.17, 15) is 8.78 Å². The van der Waals surface area contributed by atoms with Crippen molar-refractivity contribution < 1.29 is 18.6 Å². The zero-order valence-electron chi connectivity index (χ0n) is 9.69. The van der Waals surface area contributed by atoms with Crippen LogP contribution in [0.25, 0.3) is 0 Å². The molecule has 0 spiro atoms. The van der Waals surface area contributed by atoms with Crippen molar-refractivity contribution in [3.8, 4) is 5.75 Å². The highest BCUT2D eigenvalue weighted by molar-refractivity contribution is 6.19. The van der Waals surface area contributed by atoms with Crippen molar-refractivity contribution in [1.29, 1.82) is 0 Å². The van der Waals surface area contributed by atoms with E-state index in [-0.39, 0.29) is 12.2 Å². The molecule has 3 nitrogen and oxygen atoms in total. The normalized spacial score (nSPS) is 12.4. The van der Waals surface area contributed by atoms with Crippen LogP contribution in [-0.4, -0.2) is 10.1 Å². The highest BCUT2D eigenvalue weighted by Crippen LogP contribution is 2.25. The Bertz CT molecular complexity index is 543. The summed E-state index contributed by atoms with van der Waals surface area (Å²) in [4.78, 5) is 3.97. The molecule has 2 aromatic rings. The number of benzene rings is 1. The van der Waals surface area contributed by atoms with Gasteiger partial charge in [-0.2, -0.15) is 0 Å². The van der Waals surface area contributed by atoms with Gasteiger partial charge in [0.25, 0.3) is 0 Å². The van der Waals surface area contributed by atoms with Crippen LogP contribution in [0.2, 0.25) is 0 Å². The van der Waals surface area contributed by atoms with E-state index in [1.807, 2.05) is 0 Å². The molecule has 0 saturated heterocycles. The summed E-state index contributed by atoms with van der Waals surface area (Å²) < 4.78 is 32.0. The van der Waals surface area contributed by atoms with Gasteiger partial charge in [0.2, 0.25) is 0 Å². The number of phenolic OH excluding ortho intramolecular Hbond substituents is 1. The predicted molar refractivity (Wildman–Crippen MR) is 65.6 cm³/mol. The van der Waals surface area contributed by atoms with Crippen LogP contribution in [0.15, 0.2) is 36.5 Å². The lowest BCUT2D eigenvalue weighted by Crippen LogP contribution is -2.03. The summed E-state index contributed by atoms with van der Waals surface area (Å²) in [5.41, 5.74) is -0.753. The van der Waals surface area contributed by atoms with Crippen LogP contribution in [-0.2, 0) is 11.3 Å². The lowest BCUT2D eigenvalue weighted by molar-refractivity contribution is 0.0872. The molecule has 1 aromatic heterocycles. The number of nitrogens with zero attached hydrogens (tertiary/aromatic N) is 1. The summed E-state index contributed by atoms with van der Waals surface area (Å²) >= 11 is 5.91. The van der Waals surface area contributed by atoms with E-state index in [1.165, 1.54) is 6.20 Å². The van der Waals surface area contributed by atoms with Crippen molar-refractivity contribution in [3.05, 3.63) is 59.4 Å². The van der Waals surface area contributed by atoms with Crippen LogP contribution >= 0.6 is 11.6 Å². The fraction of sp³-hybridized carbons (Fsp3) is 0.154. The number of phenols is 1. The molecule has 19 heavy (non-hydrogen) atoms. The Hall–Kier alpha value is -1.72. The Morgan fingerprint density at radius 1 is 1.26 bits per heavy atom. The lowest BCUT2D eigenvalue weighted by Gasteiger charge is -2.11. The minimum Gasteiger partial charge on any atom is -0.508 e. The van der Waals surface area contributed by atoms with E-state index in [1.54, 1.807) is 18.2 Å². The SMILES string of the molecule is Oc1cc(F)c(COC(Cl)c2ccccn2)c(F)c1. The summed E-state index contributed by atoms with van der Waals surface area (Å²) in [5.74, 6) is -2.25. The van der Waals surface area contributed by atoms with Crippen LogP contribution in [0.1, 0.15) is 16.8 Å². The molecule has 0 aliphatic heterocycles. The maximum atomic E-state index is 13.4. The number of ether oxygens (including phenoxy) is 1. The molecule has 1 aromatic carbocycles. The third-order valence-corrected chi connectivity index (χ3v) is 2.77. The van der Waals surface area contributed by atoms with Gasteiger partial charge >= 0.3 is 0 Å². The van der Waals surface area contributed by atoms with Crippen molar-refractivity contribution in [3.63, 3.8) is 0 Å². The van der Waals surface area contributed by atoms with Crippen LogP contribution < -0.4 is 0 Å². The summed E-state index contributed by atoms with van der Waals surface area (Å²) in [5, 5.41) is 9.02. The Morgan fingerprint density at radius 3 is 2.53 bits per heavy atom. The first-order valence-corrected chi connectivity index (χ1v) is 5.85. The van der Waals surface area contributed by atoms with E-state index in [0.29, 0.717) is 5.69 Å². The second-order valence-corrected chi connectivity index (χ2v) is 4.17. The quantitative estimate of drug-likeness (QED) is 0.874. The van der Waals surface area contributed by atoms with Gasteiger partial charge < -0.3 is 9.84 Å². The average molecular weight is 286 g/mol. The van der Waals surface area contributed by atoms with E-state index < -0.39 is 22.9 Å². The zero-order chi connectivity index (χ0) is 13.8. The number of hydrogen-bond donors (Lipinski definition) is 1. The monoisotopic (exact) mass is 285 g/mol. The Labute approximate surface area is 113 Å². The average Bonchev–Trinajstić information content (AvgIpc) is 2.38. The van der Waals surface area contributed by atoms with Gasteiger partial charge in [-0.1, -0.05) is 17.7 Å². The first-order chi connectivity index (χ1) is 9.08. The fourth-order valence-electron chi connectivity index (χ4n) is 1.48. The smallest absolute Gasteiger partial charge is 0.173 e. The van der Waals surface area contributed by atoms with E-state index in [0.717, 1.165) is 12.1 Å². The first-order valence-electron chi connectivity index (χ1n) is 5.41. The van der Waals surface area contributed by atoms with Gasteiger partial charge in [0, 0.05) is 23.9 Å². The lowest BCUT2D eigenvalue weighted by atomic mass is 10.2. The van der Waals surface area contributed by atoms with Gasteiger partial charge in [-0.05, 0) is 12.1 Å². The summed E-state index contributed by atoms with van der Waals surface area (Å²) in [6.45, 7) is -0.358. The molecule has 2 rings (SSSR count). The molecular weight excluding hydrogens is 276 g/mol.